The van der Waals surface area contributed by atoms with Crippen molar-refractivity contribution in [3.63, 3.8) is 0 Å². The molecule has 1 aliphatic rings. The molecule has 0 radical (unpaired) electrons. The van der Waals surface area contributed by atoms with Gasteiger partial charge in [-0.2, -0.15) is 11.8 Å². The molecule has 0 saturated heterocycles. The molecular formula is C41H88O9S11Si3. The van der Waals surface area contributed by atoms with Crippen molar-refractivity contribution >= 4 is 140 Å². The zero-order chi connectivity index (χ0) is 46.9. The zero-order valence-electron chi connectivity index (χ0n) is 40.9. The van der Waals surface area contributed by atoms with Crippen molar-refractivity contribution in [3.8, 4) is 0 Å². The second-order valence-corrected chi connectivity index (χ2v) is 40.7. The Bertz CT molecular complexity index is 986. The largest absolute Gasteiger partial charge is 0.511 e. The van der Waals surface area contributed by atoms with Crippen LogP contribution in [0.5, 0.6) is 0 Å². The number of hydrogen-bond acceptors (Lipinski definition) is 20. The van der Waals surface area contributed by atoms with Crippen molar-refractivity contribution < 1.29 is 39.8 Å². The number of rotatable bonds is 49. The fourth-order valence-electron chi connectivity index (χ4n) is 7.65. The Balaban J connectivity index is 2.42. The lowest BCUT2D eigenvalue weighted by Crippen LogP contribution is -2.49. The molecule has 0 aliphatic heterocycles. The molecule has 0 heterocycles. The fourth-order valence-corrected chi connectivity index (χ4v) is 36.1. The average molecular weight is 1160 g/mol. The summed E-state index contributed by atoms with van der Waals surface area (Å²) in [6.45, 7) is 24.2. The van der Waals surface area contributed by atoms with Gasteiger partial charge in [0.05, 0.1) is 5.38 Å². The third-order valence-electron chi connectivity index (χ3n) is 10.2. The second kappa shape index (κ2) is 45.7. The maximum atomic E-state index is 6.22. The SMILES string of the molecule is CCO[Si](CCCCCCSSSSSCCC1CCC(SC[Si](OCC)(OCC)OCC)CC1CCSSSSSCCCCCC[Si](OCC)(OCC)OCC)(OCC)OCC. The van der Waals surface area contributed by atoms with E-state index in [4.69, 9.17) is 39.8 Å². The predicted molar refractivity (Wildman–Crippen MR) is 310 cm³/mol. The summed E-state index contributed by atoms with van der Waals surface area (Å²) in [7, 11) is 12.2. The summed E-state index contributed by atoms with van der Waals surface area (Å²) in [6.07, 6.45) is 16.2. The van der Waals surface area contributed by atoms with Gasteiger partial charge in [-0.1, -0.05) is 68.9 Å². The van der Waals surface area contributed by atoms with Gasteiger partial charge >= 0.3 is 26.4 Å². The molecular weight excluding hydrogens is 1070 g/mol. The molecule has 0 aromatic carbocycles. The maximum Gasteiger partial charge on any atom is 0.511 e. The van der Waals surface area contributed by atoms with E-state index >= 15 is 0 Å². The Morgan fingerprint density at radius 2 is 0.703 bits per heavy atom. The highest BCUT2D eigenvalue weighted by Gasteiger charge is 2.43. The number of thioether (sulfide) groups is 1. The number of unbranched alkanes of at least 4 members (excludes halogenated alkanes) is 6. The highest BCUT2D eigenvalue weighted by molar-refractivity contribution is 9.36. The monoisotopic (exact) mass is 1160 g/mol. The Hall–Kier alpha value is 4.14. The van der Waals surface area contributed by atoms with Crippen molar-refractivity contribution in [3.05, 3.63) is 0 Å². The lowest BCUT2D eigenvalue weighted by molar-refractivity contribution is 0.0698. The van der Waals surface area contributed by atoms with Gasteiger partial charge in [0.2, 0.25) is 0 Å². The highest BCUT2D eigenvalue weighted by atomic mass is 33.8. The van der Waals surface area contributed by atoms with Gasteiger partial charge in [0.15, 0.2) is 0 Å². The molecule has 0 aromatic heterocycles. The smallest absolute Gasteiger partial charge is 0.374 e. The van der Waals surface area contributed by atoms with Crippen LogP contribution in [-0.4, -0.2) is 120 Å². The van der Waals surface area contributed by atoms with Gasteiger partial charge in [-0.25, -0.2) is 0 Å². The van der Waals surface area contributed by atoms with E-state index in [1.807, 2.05) is 122 Å². The van der Waals surface area contributed by atoms with Crippen molar-refractivity contribution in [1.82, 2.24) is 0 Å². The predicted octanol–water partition coefficient (Wildman–Crippen LogP) is 16.7. The summed E-state index contributed by atoms with van der Waals surface area (Å²) >= 11 is 2.07. The van der Waals surface area contributed by atoms with Crippen LogP contribution in [0.1, 0.15) is 146 Å². The lowest BCUT2D eigenvalue weighted by Gasteiger charge is -2.37. The van der Waals surface area contributed by atoms with E-state index in [9.17, 15) is 0 Å². The van der Waals surface area contributed by atoms with Gasteiger partial charge in [0.1, 0.15) is 0 Å². The van der Waals surface area contributed by atoms with Crippen molar-refractivity contribution in [2.75, 3.05) is 87.8 Å². The van der Waals surface area contributed by atoms with E-state index in [1.165, 1.54) is 93.6 Å². The van der Waals surface area contributed by atoms with Crippen LogP contribution in [0.25, 0.3) is 0 Å². The van der Waals surface area contributed by atoms with Crippen LogP contribution in [-0.2, 0) is 39.8 Å². The summed E-state index contributed by atoms with van der Waals surface area (Å²) in [5.41, 5.74) is 0. The average Bonchev–Trinajstić information content (AvgIpc) is 3.27. The van der Waals surface area contributed by atoms with Gasteiger partial charge in [-0.05, 0) is 191 Å². The molecule has 3 atom stereocenters. The lowest BCUT2D eigenvalue weighted by atomic mass is 9.76. The minimum absolute atomic E-state index is 0.641. The fraction of sp³-hybridized carbons (Fsp3) is 1.00. The van der Waals surface area contributed by atoms with E-state index in [-0.39, 0.29) is 0 Å². The molecule has 0 N–H and O–H groups in total. The minimum atomic E-state index is -2.65. The van der Waals surface area contributed by atoms with Crippen LogP contribution in [0.15, 0.2) is 0 Å². The summed E-state index contributed by atoms with van der Waals surface area (Å²) in [5.74, 6) is 6.44. The van der Waals surface area contributed by atoms with Crippen molar-refractivity contribution in [1.29, 1.82) is 0 Å². The van der Waals surface area contributed by atoms with Gasteiger partial charge < -0.3 is 39.8 Å². The minimum Gasteiger partial charge on any atom is -0.374 e. The first-order chi connectivity index (χ1) is 31.3. The Kier molecular flexibility index (Phi) is 47.3. The topological polar surface area (TPSA) is 83.1 Å². The van der Waals surface area contributed by atoms with Crippen molar-refractivity contribution in [2.45, 2.75) is 163 Å². The first kappa shape index (κ1) is 66.2. The van der Waals surface area contributed by atoms with E-state index in [1.54, 1.807) is 0 Å². The van der Waals surface area contributed by atoms with E-state index < -0.39 is 26.4 Å². The van der Waals surface area contributed by atoms with Gasteiger partial charge in [0.25, 0.3) is 0 Å². The highest BCUT2D eigenvalue weighted by Crippen LogP contribution is 2.51. The molecule has 384 valence electrons. The van der Waals surface area contributed by atoms with Crippen LogP contribution >= 0.6 is 114 Å². The molecule has 23 heteroatoms. The standard InChI is InChI=1S/C41H88O9S11Si3/c1-10-42-62(43-11-2,44-12-3)35-25-21-19-23-31-52-56-60-58-54-33-29-39-27-28-41(51-38-64(48-16-7,49-17-8)50-18-9)37-40(39)30-34-55-59-61-57-53-32-24-20-22-26-36-63(45-13-4,46-14-5)47-15-6/h39-41H,10-38H2,1-9H3. The molecule has 1 rings (SSSR count). The number of hydrogen-bond donors (Lipinski definition) is 0. The third-order valence-corrected chi connectivity index (χ3v) is 39.3. The van der Waals surface area contributed by atoms with Gasteiger partial charge in [-0.15, -0.1) is 0 Å². The molecule has 1 fully saturated rings. The molecule has 0 bridgehead atoms. The Morgan fingerprint density at radius 3 is 1.09 bits per heavy atom. The normalized spacial score (nSPS) is 17.5. The quantitative estimate of drug-likeness (QED) is 0.0329. The van der Waals surface area contributed by atoms with Gasteiger partial charge in [-0.3, -0.25) is 0 Å². The maximum absolute atomic E-state index is 6.22. The first-order valence-electron chi connectivity index (χ1n) is 24.2. The Morgan fingerprint density at radius 1 is 0.359 bits per heavy atom. The van der Waals surface area contributed by atoms with E-state index in [2.05, 4.69) is 54.1 Å². The van der Waals surface area contributed by atoms with Crippen LogP contribution < -0.4 is 0 Å². The molecule has 64 heavy (non-hydrogen) atoms. The van der Waals surface area contributed by atoms with Crippen LogP contribution in [0, 0.1) is 11.8 Å². The van der Waals surface area contributed by atoms with Crippen LogP contribution in [0.3, 0.4) is 0 Å². The van der Waals surface area contributed by atoms with E-state index in [0.717, 1.165) is 42.1 Å². The van der Waals surface area contributed by atoms with Gasteiger partial charge in [0, 0.05) is 99.8 Å². The summed E-state index contributed by atoms with van der Waals surface area (Å²) < 4.78 is 54.8. The molecule has 0 spiro atoms. The first-order valence-corrected chi connectivity index (χ1v) is 44.0. The second-order valence-electron chi connectivity index (χ2n) is 14.8. The molecule has 3 unspecified atom stereocenters. The van der Waals surface area contributed by atoms with E-state index in [0.29, 0.717) is 64.7 Å². The molecule has 1 aliphatic carbocycles. The summed E-state index contributed by atoms with van der Waals surface area (Å²) in [6, 6.07) is 1.85. The Labute approximate surface area is 438 Å². The molecule has 9 nitrogen and oxygen atoms in total. The molecule has 0 amide bonds. The summed E-state index contributed by atoms with van der Waals surface area (Å²) in [5, 5.41) is 1.51. The zero-order valence-corrected chi connectivity index (χ0v) is 52.9. The molecule has 0 aromatic rings. The third kappa shape index (κ3) is 32.4. The molecule has 1 saturated carbocycles. The van der Waals surface area contributed by atoms with Crippen LogP contribution in [0.4, 0.5) is 0 Å². The van der Waals surface area contributed by atoms with Crippen molar-refractivity contribution in [2.24, 2.45) is 11.8 Å². The van der Waals surface area contributed by atoms with Crippen LogP contribution in [0.2, 0.25) is 12.1 Å². The summed E-state index contributed by atoms with van der Waals surface area (Å²) in [4.78, 5) is 0.